The number of rotatable bonds is 6. The molecule has 0 fully saturated rings. The second-order valence-electron chi connectivity index (χ2n) is 4.24. The van der Waals surface area contributed by atoms with Crippen LogP contribution in [0.25, 0.3) is 11.3 Å². The minimum absolute atomic E-state index is 0.248. The largest absolute Gasteiger partial charge is 0.365 e. The molecule has 0 aliphatic heterocycles. The molecule has 2 rings (SSSR count). The van der Waals surface area contributed by atoms with Crippen LogP contribution < -0.4 is 11.1 Å². The SMILES string of the molecule is CC.CNc1nc(-c2ccccc2)cs1.CSCCC(N)C=O. The minimum Gasteiger partial charge on any atom is -0.365 e. The summed E-state index contributed by atoms with van der Waals surface area (Å²) in [7, 11) is 1.88. The Labute approximate surface area is 147 Å². The van der Waals surface area contributed by atoms with Gasteiger partial charge in [0, 0.05) is 18.0 Å². The predicted octanol–water partition coefficient (Wildman–Crippen LogP) is 4.14. The van der Waals surface area contributed by atoms with E-state index in [-0.39, 0.29) is 6.04 Å². The van der Waals surface area contributed by atoms with Crippen molar-refractivity contribution < 1.29 is 4.79 Å². The highest BCUT2D eigenvalue weighted by molar-refractivity contribution is 7.98. The molecule has 0 radical (unpaired) electrons. The number of aldehydes is 1. The molecule has 0 bridgehead atoms. The standard InChI is InChI=1S/C10H10N2S.C5H11NOS.C2H6/c1-11-10-12-9(7-13-10)8-5-3-2-4-6-8;1-8-3-2-5(6)4-7;1-2/h2-7H,1H3,(H,11,12);4-5H,2-3,6H2,1H3;1-2H3. The number of nitrogens with two attached hydrogens (primary N) is 1. The zero-order chi connectivity index (χ0) is 17.5. The molecule has 1 atom stereocenters. The number of nitrogens with zero attached hydrogens (tertiary/aromatic N) is 1. The summed E-state index contributed by atoms with van der Waals surface area (Å²) in [5.74, 6) is 0.972. The number of hydrogen-bond acceptors (Lipinski definition) is 6. The van der Waals surface area contributed by atoms with Gasteiger partial charge < -0.3 is 15.8 Å². The number of carbonyl (C=O) groups is 1. The molecule has 0 amide bonds. The van der Waals surface area contributed by atoms with Gasteiger partial charge in [-0.1, -0.05) is 44.2 Å². The Morgan fingerprint density at radius 1 is 1.35 bits per heavy atom. The van der Waals surface area contributed by atoms with Gasteiger partial charge in [-0.05, 0) is 18.4 Å². The Kier molecular flexibility index (Phi) is 13.4. The van der Waals surface area contributed by atoms with E-state index in [1.807, 2.05) is 45.4 Å². The van der Waals surface area contributed by atoms with Crippen LogP contribution in [-0.2, 0) is 4.79 Å². The molecule has 1 unspecified atom stereocenters. The number of carbonyl (C=O) groups excluding carboxylic acids is 1. The maximum atomic E-state index is 9.88. The molecule has 0 saturated heterocycles. The van der Waals surface area contributed by atoms with Gasteiger partial charge in [-0.15, -0.1) is 11.3 Å². The molecule has 0 saturated carbocycles. The summed E-state index contributed by atoms with van der Waals surface area (Å²) in [5.41, 5.74) is 7.48. The molecule has 2 aromatic rings. The first-order valence-electron chi connectivity index (χ1n) is 7.59. The van der Waals surface area contributed by atoms with Gasteiger partial charge in [-0.3, -0.25) is 0 Å². The summed E-state index contributed by atoms with van der Waals surface area (Å²) < 4.78 is 0. The third kappa shape index (κ3) is 9.38. The average molecular weight is 354 g/mol. The van der Waals surface area contributed by atoms with Gasteiger partial charge in [-0.2, -0.15) is 11.8 Å². The first kappa shape index (κ1) is 21.6. The summed E-state index contributed by atoms with van der Waals surface area (Å²) in [6.45, 7) is 4.00. The van der Waals surface area contributed by atoms with E-state index in [4.69, 9.17) is 5.73 Å². The van der Waals surface area contributed by atoms with Crippen molar-refractivity contribution in [2.75, 3.05) is 24.4 Å². The van der Waals surface area contributed by atoms with E-state index in [9.17, 15) is 4.79 Å². The number of aromatic nitrogens is 1. The van der Waals surface area contributed by atoms with Gasteiger partial charge in [0.1, 0.15) is 6.29 Å². The highest BCUT2D eigenvalue weighted by Crippen LogP contribution is 2.23. The zero-order valence-electron chi connectivity index (χ0n) is 14.3. The fourth-order valence-corrected chi connectivity index (χ4v) is 2.64. The van der Waals surface area contributed by atoms with E-state index >= 15 is 0 Å². The fourth-order valence-electron chi connectivity index (χ4n) is 1.45. The summed E-state index contributed by atoms with van der Waals surface area (Å²) in [5, 5.41) is 6.04. The van der Waals surface area contributed by atoms with Crippen molar-refractivity contribution in [3.63, 3.8) is 0 Å². The van der Waals surface area contributed by atoms with Crippen LogP contribution in [0.2, 0.25) is 0 Å². The summed E-state index contributed by atoms with van der Waals surface area (Å²) in [6, 6.07) is 9.93. The first-order valence-corrected chi connectivity index (χ1v) is 9.87. The van der Waals surface area contributed by atoms with Crippen LogP contribution in [-0.4, -0.2) is 36.4 Å². The van der Waals surface area contributed by atoms with Crippen molar-refractivity contribution >= 4 is 34.5 Å². The molecule has 0 aliphatic rings. The number of anilines is 1. The van der Waals surface area contributed by atoms with Crippen LogP contribution in [0.15, 0.2) is 35.7 Å². The van der Waals surface area contributed by atoms with Crippen LogP contribution in [0.3, 0.4) is 0 Å². The molecule has 0 spiro atoms. The monoisotopic (exact) mass is 353 g/mol. The quantitative estimate of drug-likeness (QED) is 0.764. The molecule has 4 nitrogen and oxygen atoms in total. The summed E-state index contributed by atoms with van der Waals surface area (Å²) in [6.07, 6.45) is 3.58. The highest BCUT2D eigenvalue weighted by Gasteiger charge is 2.01. The first-order chi connectivity index (χ1) is 11.2. The van der Waals surface area contributed by atoms with Gasteiger partial charge in [0.15, 0.2) is 5.13 Å². The lowest BCUT2D eigenvalue weighted by molar-refractivity contribution is -0.108. The Balaban J connectivity index is 0.000000421. The Hall–Kier alpha value is -1.37. The molecule has 6 heteroatoms. The second-order valence-corrected chi connectivity index (χ2v) is 6.08. The van der Waals surface area contributed by atoms with E-state index in [0.29, 0.717) is 0 Å². The maximum Gasteiger partial charge on any atom is 0.182 e. The van der Waals surface area contributed by atoms with Crippen molar-refractivity contribution in [2.24, 2.45) is 5.73 Å². The van der Waals surface area contributed by atoms with Crippen molar-refractivity contribution in [1.82, 2.24) is 4.98 Å². The van der Waals surface area contributed by atoms with E-state index in [1.54, 1.807) is 23.1 Å². The predicted molar refractivity (Wildman–Crippen MR) is 105 cm³/mol. The number of hydrogen-bond donors (Lipinski definition) is 2. The van der Waals surface area contributed by atoms with Gasteiger partial charge >= 0.3 is 0 Å². The Bertz CT molecular complexity index is 518. The Morgan fingerprint density at radius 3 is 2.48 bits per heavy atom. The number of benzene rings is 1. The van der Waals surface area contributed by atoms with Gasteiger partial charge in [0.2, 0.25) is 0 Å². The maximum absolute atomic E-state index is 9.88. The van der Waals surface area contributed by atoms with Crippen molar-refractivity contribution in [2.45, 2.75) is 26.3 Å². The third-order valence-electron chi connectivity index (χ3n) is 2.62. The molecule has 1 heterocycles. The van der Waals surface area contributed by atoms with Crippen LogP contribution in [0, 0.1) is 0 Å². The lowest BCUT2D eigenvalue weighted by Gasteiger charge is -1.98. The number of thioether (sulfide) groups is 1. The van der Waals surface area contributed by atoms with Crippen molar-refractivity contribution in [1.29, 1.82) is 0 Å². The van der Waals surface area contributed by atoms with E-state index < -0.39 is 0 Å². The van der Waals surface area contributed by atoms with Crippen LogP contribution in [0.5, 0.6) is 0 Å². The summed E-state index contributed by atoms with van der Waals surface area (Å²) in [4.78, 5) is 14.3. The summed E-state index contributed by atoms with van der Waals surface area (Å²) >= 11 is 3.33. The highest BCUT2D eigenvalue weighted by atomic mass is 32.2. The molecule has 1 aromatic heterocycles. The average Bonchev–Trinajstić information content (AvgIpc) is 3.12. The van der Waals surface area contributed by atoms with Crippen LogP contribution >= 0.6 is 23.1 Å². The number of nitrogens with one attached hydrogen (secondary N) is 1. The van der Waals surface area contributed by atoms with Crippen molar-refractivity contribution in [3.05, 3.63) is 35.7 Å². The lowest BCUT2D eigenvalue weighted by atomic mass is 10.2. The number of thiazole rings is 1. The fraction of sp³-hybridized carbons (Fsp3) is 0.412. The molecule has 1 aromatic carbocycles. The molecular formula is C17H27N3OS2. The van der Waals surface area contributed by atoms with E-state index in [2.05, 4.69) is 27.8 Å². The molecular weight excluding hydrogens is 326 g/mol. The van der Waals surface area contributed by atoms with Gasteiger partial charge in [0.25, 0.3) is 0 Å². The van der Waals surface area contributed by atoms with Crippen LogP contribution in [0.4, 0.5) is 5.13 Å². The van der Waals surface area contributed by atoms with E-state index in [0.717, 1.165) is 29.3 Å². The minimum atomic E-state index is -0.248. The molecule has 23 heavy (non-hydrogen) atoms. The van der Waals surface area contributed by atoms with Gasteiger partial charge in [-0.25, -0.2) is 4.98 Å². The smallest absolute Gasteiger partial charge is 0.182 e. The zero-order valence-corrected chi connectivity index (χ0v) is 15.9. The topological polar surface area (TPSA) is 68.0 Å². The molecule has 0 aliphatic carbocycles. The lowest BCUT2D eigenvalue weighted by Crippen LogP contribution is -2.21. The van der Waals surface area contributed by atoms with Gasteiger partial charge in [0.05, 0.1) is 11.7 Å². The Morgan fingerprint density at radius 2 is 2.00 bits per heavy atom. The normalized spacial score (nSPS) is 10.5. The van der Waals surface area contributed by atoms with Crippen LogP contribution in [0.1, 0.15) is 20.3 Å². The third-order valence-corrected chi connectivity index (χ3v) is 4.12. The second kappa shape index (κ2) is 14.2. The van der Waals surface area contributed by atoms with Crippen molar-refractivity contribution in [3.8, 4) is 11.3 Å². The molecule has 128 valence electrons. The van der Waals surface area contributed by atoms with E-state index in [1.165, 1.54) is 5.56 Å². The molecule has 3 N–H and O–H groups in total.